The monoisotopic (exact) mass is 538 g/mol. The maximum Gasteiger partial charge on any atom is 0.273 e. The third-order valence-corrected chi connectivity index (χ3v) is 8.67. The fourth-order valence-electron chi connectivity index (χ4n) is 4.96. The summed E-state index contributed by atoms with van der Waals surface area (Å²) in [6.07, 6.45) is 0.491. The van der Waals surface area contributed by atoms with Crippen molar-refractivity contribution in [3.8, 4) is 0 Å². The smallest absolute Gasteiger partial charge is 0.273 e. The fraction of sp³-hybridized carbons (Fsp3) is 0.333. The van der Waals surface area contributed by atoms with Gasteiger partial charge in [0.2, 0.25) is 17.0 Å². The molecular weight excluding hydrogens is 512 g/mol. The molecule has 10 heteroatoms. The number of fused-ring (bicyclic) bond motifs is 1. The zero-order valence-electron chi connectivity index (χ0n) is 20.5. The van der Waals surface area contributed by atoms with Crippen LogP contribution in [0.25, 0.3) is 0 Å². The predicted molar refractivity (Wildman–Crippen MR) is 141 cm³/mol. The van der Waals surface area contributed by atoms with Crippen LogP contribution in [0, 0.1) is 6.92 Å². The molecular formula is C27H27ClN4O4S. The minimum Gasteiger partial charge on any atom is -0.347 e. The Labute approximate surface area is 224 Å². The van der Waals surface area contributed by atoms with Gasteiger partial charge in [-0.1, -0.05) is 59.8 Å². The van der Waals surface area contributed by atoms with Crippen LogP contribution in [0.3, 0.4) is 0 Å². The highest BCUT2D eigenvalue weighted by molar-refractivity contribution is 8.01. The highest BCUT2D eigenvalue weighted by atomic mass is 35.5. The summed E-state index contributed by atoms with van der Waals surface area (Å²) < 4.78 is 4.80. The van der Waals surface area contributed by atoms with Crippen molar-refractivity contribution in [2.24, 2.45) is 0 Å². The first-order valence-corrected chi connectivity index (χ1v) is 13.4. The van der Waals surface area contributed by atoms with E-state index < -0.39 is 22.9 Å². The number of β-lactam (4-membered cyclic amide) rings is 1. The molecule has 3 aromatic rings. The second kappa shape index (κ2) is 10.2. The molecule has 2 aliphatic heterocycles. The number of hydrogen-bond acceptors (Lipinski definition) is 6. The Morgan fingerprint density at radius 1 is 1.22 bits per heavy atom. The van der Waals surface area contributed by atoms with Crippen LogP contribution in [-0.4, -0.2) is 55.5 Å². The highest BCUT2D eigenvalue weighted by Gasteiger charge is 2.64. The van der Waals surface area contributed by atoms with Gasteiger partial charge in [0.1, 0.15) is 10.9 Å². The van der Waals surface area contributed by atoms with E-state index >= 15 is 0 Å². The number of hydrogen-bond donors (Lipinski definition) is 1. The van der Waals surface area contributed by atoms with Crippen LogP contribution < -0.4 is 5.32 Å². The number of carbonyl (C=O) groups is 3. The van der Waals surface area contributed by atoms with E-state index in [0.717, 1.165) is 16.7 Å². The maximum absolute atomic E-state index is 13.5. The first-order valence-electron chi connectivity index (χ1n) is 12.0. The Morgan fingerprint density at radius 2 is 1.95 bits per heavy atom. The minimum atomic E-state index is -0.517. The van der Waals surface area contributed by atoms with Crippen molar-refractivity contribution in [1.82, 2.24) is 20.3 Å². The Hall–Kier alpha value is -3.30. The maximum atomic E-state index is 13.5. The van der Waals surface area contributed by atoms with Crippen molar-refractivity contribution in [3.05, 3.63) is 88.3 Å². The van der Waals surface area contributed by atoms with Crippen molar-refractivity contribution in [3.63, 3.8) is 0 Å². The number of aryl methyl sites for hydroxylation is 1. The molecule has 2 saturated heterocycles. The number of thioether (sulfide) groups is 1. The van der Waals surface area contributed by atoms with Gasteiger partial charge < -0.3 is 19.6 Å². The third kappa shape index (κ3) is 4.98. The quantitative estimate of drug-likeness (QED) is 0.435. The SMILES string of the molecule is Cc1ccccc1CN1C(=O)[C@H]2N(C(=O)C[C@H](Cc3ccccc3)NC(=O)c3cc(Cl)on3)CSC21C. The molecule has 0 saturated carbocycles. The van der Waals surface area contributed by atoms with Crippen molar-refractivity contribution in [1.29, 1.82) is 0 Å². The molecule has 37 heavy (non-hydrogen) atoms. The molecule has 0 radical (unpaired) electrons. The van der Waals surface area contributed by atoms with Gasteiger partial charge >= 0.3 is 0 Å². The molecule has 1 N–H and O–H groups in total. The van der Waals surface area contributed by atoms with Crippen molar-refractivity contribution >= 4 is 41.1 Å². The Bertz CT molecular complexity index is 1330. The molecule has 0 spiro atoms. The van der Waals surface area contributed by atoms with E-state index in [4.69, 9.17) is 16.1 Å². The molecule has 8 nitrogen and oxygen atoms in total. The molecule has 2 aliphatic rings. The third-order valence-electron chi connectivity index (χ3n) is 7.06. The lowest BCUT2D eigenvalue weighted by atomic mass is 9.92. The van der Waals surface area contributed by atoms with Gasteiger partial charge in [-0.3, -0.25) is 14.4 Å². The average Bonchev–Trinajstić information content (AvgIpc) is 3.45. The van der Waals surface area contributed by atoms with Gasteiger partial charge in [0, 0.05) is 25.1 Å². The van der Waals surface area contributed by atoms with Gasteiger partial charge in [-0.15, -0.1) is 11.8 Å². The van der Waals surface area contributed by atoms with Crippen LogP contribution in [0.4, 0.5) is 0 Å². The van der Waals surface area contributed by atoms with Crippen molar-refractivity contribution < 1.29 is 18.9 Å². The van der Waals surface area contributed by atoms with Gasteiger partial charge in [0.15, 0.2) is 5.69 Å². The van der Waals surface area contributed by atoms with Crippen LogP contribution >= 0.6 is 23.4 Å². The number of likely N-dealkylation sites (tertiary alicyclic amines) is 1. The van der Waals surface area contributed by atoms with E-state index in [0.29, 0.717) is 18.8 Å². The lowest BCUT2D eigenvalue weighted by Crippen LogP contribution is -2.72. The Kier molecular flexibility index (Phi) is 7.00. The minimum absolute atomic E-state index is 0.00737. The van der Waals surface area contributed by atoms with Gasteiger partial charge in [-0.2, -0.15) is 0 Å². The summed E-state index contributed by atoms with van der Waals surface area (Å²) in [5, 5.41) is 6.56. The molecule has 3 atom stereocenters. The van der Waals surface area contributed by atoms with Crippen LogP contribution in [0.1, 0.15) is 40.5 Å². The van der Waals surface area contributed by atoms with Crippen LogP contribution in [0.2, 0.25) is 5.22 Å². The molecule has 2 fully saturated rings. The number of amides is 3. The topological polar surface area (TPSA) is 95.8 Å². The number of benzene rings is 2. The molecule has 2 aromatic carbocycles. The second-order valence-electron chi connectivity index (χ2n) is 9.53. The van der Waals surface area contributed by atoms with E-state index in [9.17, 15) is 14.4 Å². The first-order chi connectivity index (χ1) is 17.8. The fourth-order valence-corrected chi connectivity index (χ4v) is 6.49. The van der Waals surface area contributed by atoms with E-state index in [1.807, 2.05) is 73.3 Å². The summed E-state index contributed by atoms with van der Waals surface area (Å²) in [6, 6.07) is 17.9. The number of aromatic nitrogens is 1. The summed E-state index contributed by atoms with van der Waals surface area (Å²) in [4.78, 5) is 42.5. The van der Waals surface area contributed by atoms with Crippen LogP contribution in [0.15, 0.2) is 65.2 Å². The van der Waals surface area contributed by atoms with E-state index in [1.165, 1.54) is 6.07 Å². The number of nitrogens with zero attached hydrogens (tertiary/aromatic N) is 3. The standard InChI is InChI=1S/C27H27ClN4O4S/c1-17-8-6-7-11-19(17)15-32-26(35)24-27(32,2)37-16-31(24)23(33)13-20(12-18-9-4-3-5-10-18)29-25(34)21-14-22(28)36-30-21/h3-11,14,20,24H,12-13,15-16H2,1-2H3,(H,29,34)/t20-,24+,27?/m0/s1. The first kappa shape index (κ1) is 25.4. The number of rotatable bonds is 8. The van der Waals surface area contributed by atoms with Crippen molar-refractivity contribution in [2.45, 2.75) is 50.2 Å². The molecule has 1 aromatic heterocycles. The summed E-state index contributed by atoms with van der Waals surface area (Å²) in [5.74, 6) is -0.287. The molecule has 192 valence electrons. The van der Waals surface area contributed by atoms with Crippen LogP contribution in [0.5, 0.6) is 0 Å². The summed E-state index contributed by atoms with van der Waals surface area (Å²) in [5.41, 5.74) is 3.25. The largest absolute Gasteiger partial charge is 0.347 e. The van der Waals surface area contributed by atoms with Gasteiger partial charge in [-0.25, -0.2) is 0 Å². The summed E-state index contributed by atoms with van der Waals surface area (Å²) >= 11 is 7.37. The second-order valence-corrected chi connectivity index (χ2v) is 11.3. The Morgan fingerprint density at radius 3 is 2.65 bits per heavy atom. The van der Waals surface area contributed by atoms with E-state index in [-0.39, 0.29) is 29.1 Å². The normalized spacial score (nSPS) is 21.4. The molecule has 0 aliphatic carbocycles. The lowest BCUT2D eigenvalue weighted by molar-refractivity contribution is -0.165. The van der Waals surface area contributed by atoms with E-state index in [2.05, 4.69) is 10.5 Å². The molecule has 0 bridgehead atoms. The summed E-state index contributed by atoms with van der Waals surface area (Å²) in [7, 11) is 0. The number of nitrogens with one attached hydrogen (secondary N) is 1. The Balaban J connectivity index is 1.29. The zero-order chi connectivity index (χ0) is 26.2. The number of halogens is 1. The predicted octanol–water partition coefficient (Wildman–Crippen LogP) is 4.03. The van der Waals surface area contributed by atoms with Gasteiger partial charge in [-0.05, 0) is 48.6 Å². The van der Waals surface area contributed by atoms with Gasteiger partial charge in [0.25, 0.3) is 5.91 Å². The highest BCUT2D eigenvalue weighted by Crippen LogP contribution is 2.51. The lowest BCUT2D eigenvalue weighted by Gasteiger charge is -2.52. The molecule has 3 heterocycles. The van der Waals surface area contributed by atoms with E-state index in [1.54, 1.807) is 16.7 Å². The molecule has 5 rings (SSSR count). The zero-order valence-corrected chi connectivity index (χ0v) is 22.1. The molecule has 3 amide bonds. The average molecular weight is 539 g/mol. The van der Waals surface area contributed by atoms with Crippen LogP contribution in [-0.2, 0) is 22.6 Å². The molecule has 1 unspecified atom stereocenters. The number of carbonyl (C=O) groups excluding carboxylic acids is 3. The summed E-state index contributed by atoms with van der Waals surface area (Å²) in [6.45, 7) is 4.57. The van der Waals surface area contributed by atoms with Gasteiger partial charge in [0.05, 0.1) is 5.88 Å². The van der Waals surface area contributed by atoms with Crippen molar-refractivity contribution in [2.75, 3.05) is 5.88 Å².